The van der Waals surface area contributed by atoms with E-state index in [1.54, 1.807) is 0 Å². The van der Waals surface area contributed by atoms with Gasteiger partial charge in [0.2, 0.25) is 0 Å². The number of fused-ring (bicyclic) bond motifs is 2. The molecular formula is C27H39N3O5Si. The molecule has 0 bridgehead atoms. The lowest BCUT2D eigenvalue weighted by Gasteiger charge is -2.58. The van der Waals surface area contributed by atoms with Crippen LogP contribution in [0.1, 0.15) is 54.0 Å². The lowest BCUT2D eigenvalue weighted by Crippen LogP contribution is -2.70. The topological polar surface area (TPSA) is 94.9 Å². The molecule has 2 fully saturated rings. The summed E-state index contributed by atoms with van der Waals surface area (Å²) in [5.74, 6) is -0.148. The summed E-state index contributed by atoms with van der Waals surface area (Å²) in [6, 6.07) is 14.7. The van der Waals surface area contributed by atoms with Crippen LogP contribution in [0.3, 0.4) is 0 Å². The van der Waals surface area contributed by atoms with E-state index in [1.165, 1.54) is 10.8 Å². The van der Waals surface area contributed by atoms with Crippen LogP contribution < -0.4 is 0 Å². The molecule has 9 heteroatoms. The Morgan fingerprint density at radius 3 is 2.39 bits per heavy atom. The second-order valence-electron chi connectivity index (χ2n) is 11.9. The molecule has 5 atom stereocenters. The molecule has 2 aliphatic heterocycles. The molecule has 0 radical (unpaired) electrons. The smallest absolute Gasteiger partial charge is 0.349 e. The highest BCUT2D eigenvalue weighted by atomic mass is 28.4. The normalized spacial score (nSPS) is 28.4. The first kappa shape index (κ1) is 27.1. The summed E-state index contributed by atoms with van der Waals surface area (Å²) >= 11 is 0. The number of benzene rings is 2. The maximum absolute atomic E-state index is 8.67. The van der Waals surface area contributed by atoms with Crippen molar-refractivity contribution in [2.24, 2.45) is 11.0 Å². The fourth-order valence-electron chi connectivity index (χ4n) is 5.74. The summed E-state index contributed by atoms with van der Waals surface area (Å²) in [7, 11) is -2.73. The summed E-state index contributed by atoms with van der Waals surface area (Å²) in [6.07, 6.45) is -1.52. The van der Waals surface area contributed by atoms with Crippen LogP contribution in [0, 0.1) is 5.92 Å². The van der Waals surface area contributed by atoms with Crippen molar-refractivity contribution in [2.45, 2.75) is 89.8 Å². The zero-order chi connectivity index (χ0) is 26.1. The zero-order valence-corrected chi connectivity index (χ0v) is 23.4. The molecule has 196 valence electrons. The van der Waals surface area contributed by atoms with Crippen LogP contribution in [-0.2, 0) is 29.7 Å². The van der Waals surface area contributed by atoms with E-state index in [0.717, 1.165) is 5.56 Å². The van der Waals surface area contributed by atoms with Crippen molar-refractivity contribution < 1.29 is 23.1 Å². The predicted octanol–water partition coefficient (Wildman–Crippen LogP) is 6.83. The number of hydrogen-bond acceptors (Lipinski definition) is 6. The minimum atomic E-state index is -2.73. The van der Waals surface area contributed by atoms with E-state index in [9.17, 15) is 0 Å². The number of ether oxygens (including phenoxy) is 3. The van der Waals surface area contributed by atoms with Crippen LogP contribution in [-0.4, -0.2) is 46.5 Å². The van der Waals surface area contributed by atoms with Gasteiger partial charge in [0.1, 0.15) is 18.9 Å². The molecule has 2 saturated heterocycles. The Morgan fingerprint density at radius 2 is 1.72 bits per heavy atom. The third-order valence-electron chi connectivity index (χ3n) is 7.29. The van der Waals surface area contributed by atoms with Gasteiger partial charge < -0.3 is 23.1 Å². The first-order chi connectivity index (χ1) is 17.0. The van der Waals surface area contributed by atoms with E-state index in [0.29, 0.717) is 13.2 Å². The van der Waals surface area contributed by atoms with Crippen LogP contribution in [0.25, 0.3) is 21.2 Å². The molecule has 0 aromatic heterocycles. The summed E-state index contributed by atoms with van der Waals surface area (Å²) in [5, 5.41) is 5.59. The molecule has 0 amide bonds. The van der Waals surface area contributed by atoms with Gasteiger partial charge in [0.15, 0.2) is 6.29 Å². The standard InChI is InChI=1S/C27H39N3O5Si/c1-18-23(31-15-19-12-13-20-10-8-9-11-21(20)14-19)24-22(34-25(18)32-17-29-30-28)16-33-36(35-24,26(2,3)4)27(5,6)7/h8-14,18,22-25H,15-17H2,1-7H3/t18?,22?,23-,24+,25+/m1/s1. The van der Waals surface area contributed by atoms with Gasteiger partial charge in [0, 0.05) is 20.9 Å². The molecule has 8 nitrogen and oxygen atoms in total. The monoisotopic (exact) mass is 513 g/mol. The highest BCUT2D eigenvalue weighted by Crippen LogP contribution is 2.55. The Balaban J connectivity index is 1.62. The molecule has 0 saturated carbocycles. The second-order valence-corrected chi connectivity index (χ2v) is 16.7. The minimum absolute atomic E-state index is 0.106. The first-order valence-electron chi connectivity index (χ1n) is 12.7. The van der Waals surface area contributed by atoms with Crippen molar-refractivity contribution in [3.05, 3.63) is 58.5 Å². The van der Waals surface area contributed by atoms with Gasteiger partial charge in [-0.3, -0.25) is 0 Å². The molecule has 4 rings (SSSR count). The highest BCUT2D eigenvalue weighted by Gasteiger charge is 2.64. The Morgan fingerprint density at radius 1 is 1.03 bits per heavy atom. The van der Waals surface area contributed by atoms with Crippen LogP contribution >= 0.6 is 0 Å². The van der Waals surface area contributed by atoms with Gasteiger partial charge >= 0.3 is 8.56 Å². The molecule has 2 aromatic carbocycles. The highest BCUT2D eigenvalue weighted by molar-refractivity contribution is 6.73. The molecule has 2 aliphatic rings. The van der Waals surface area contributed by atoms with Crippen molar-refractivity contribution in [3.8, 4) is 0 Å². The number of rotatable bonds is 6. The summed E-state index contributed by atoms with van der Waals surface area (Å²) in [4.78, 5) is 2.79. The van der Waals surface area contributed by atoms with Gasteiger partial charge in [-0.05, 0) is 27.9 Å². The largest absolute Gasteiger partial charge is 0.391 e. The number of nitrogens with zero attached hydrogens (tertiary/aromatic N) is 3. The van der Waals surface area contributed by atoms with Crippen molar-refractivity contribution >= 4 is 19.3 Å². The van der Waals surface area contributed by atoms with E-state index in [1.807, 2.05) is 19.1 Å². The second kappa shape index (κ2) is 10.4. The predicted molar refractivity (Wildman–Crippen MR) is 141 cm³/mol. The Kier molecular flexibility index (Phi) is 7.83. The Bertz CT molecular complexity index is 1090. The van der Waals surface area contributed by atoms with Gasteiger partial charge in [-0.15, -0.1) is 0 Å². The van der Waals surface area contributed by atoms with E-state index in [-0.39, 0.29) is 41.0 Å². The van der Waals surface area contributed by atoms with Crippen LogP contribution in [0.15, 0.2) is 47.6 Å². The summed E-state index contributed by atoms with van der Waals surface area (Å²) in [5.41, 5.74) is 9.77. The van der Waals surface area contributed by atoms with Gasteiger partial charge in [-0.25, -0.2) is 0 Å². The summed E-state index contributed by atoms with van der Waals surface area (Å²) < 4.78 is 32.4. The molecule has 0 spiro atoms. The van der Waals surface area contributed by atoms with E-state index >= 15 is 0 Å². The van der Waals surface area contributed by atoms with Crippen molar-refractivity contribution in [1.29, 1.82) is 0 Å². The van der Waals surface area contributed by atoms with Gasteiger partial charge in [0.25, 0.3) is 0 Å². The number of hydrogen-bond donors (Lipinski definition) is 0. The first-order valence-corrected chi connectivity index (χ1v) is 14.5. The molecule has 0 N–H and O–H groups in total. The third-order valence-corrected chi connectivity index (χ3v) is 12.4. The van der Waals surface area contributed by atoms with Crippen LogP contribution in [0.4, 0.5) is 0 Å². The quantitative estimate of drug-likeness (QED) is 0.183. The molecular weight excluding hydrogens is 474 g/mol. The van der Waals surface area contributed by atoms with Crippen molar-refractivity contribution in [2.75, 3.05) is 13.3 Å². The van der Waals surface area contributed by atoms with Gasteiger partial charge in [-0.2, -0.15) is 0 Å². The van der Waals surface area contributed by atoms with Gasteiger partial charge in [-0.1, -0.05) is 90.0 Å². The Labute approximate surface area is 215 Å². The average molecular weight is 514 g/mol. The fraction of sp³-hybridized carbons (Fsp3) is 0.630. The molecule has 2 aromatic rings. The molecule has 0 aliphatic carbocycles. The van der Waals surface area contributed by atoms with E-state index in [2.05, 4.69) is 81.9 Å². The van der Waals surface area contributed by atoms with Gasteiger partial charge in [0.05, 0.1) is 19.3 Å². The minimum Gasteiger partial charge on any atom is -0.391 e. The molecule has 2 heterocycles. The third kappa shape index (κ3) is 5.20. The maximum atomic E-state index is 8.67. The van der Waals surface area contributed by atoms with Crippen molar-refractivity contribution in [3.63, 3.8) is 0 Å². The van der Waals surface area contributed by atoms with E-state index in [4.69, 9.17) is 28.6 Å². The fourth-order valence-corrected chi connectivity index (χ4v) is 10.7. The van der Waals surface area contributed by atoms with E-state index < -0.39 is 14.9 Å². The lowest BCUT2D eigenvalue weighted by molar-refractivity contribution is -0.299. The zero-order valence-electron chi connectivity index (χ0n) is 22.4. The summed E-state index contributed by atoms with van der Waals surface area (Å²) in [6.45, 7) is 16.0. The SMILES string of the molecule is CC1[C@@H](OCN=[N+]=[N-])OC2CO[Si](C(C)(C)C)(C(C)(C)C)O[C@@H]2[C@@H]1OCc1ccc2ccccc2c1. The lowest BCUT2D eigenvalue weighted by atomic mass is 9.92. The average Bonchev–Trinajstić information content (AvgIpc) is 2.82. The van der Waals surface area contributed by atoms with Crippen molar-refractivity contribution in [1.82, 2.24) is 0 Å². The Hall–Kier alpha value is -1.97. The van der Waals surface area contributed by atoms with Crippen LogP contribution in [0.5, 0.6) is 0 Å². The molecule has 2 unspecified atom stereocenters. The number of azide groups is 1. The molecule has 36 heavy (non-hydrogen) atoms. The van der Waals surface area contributed by atoms with Crippen LogP contribution in [0.2, 0.25) is 10.1 Å². The maximum Gasteiger partial charge on any atom is 0.349 e.